The van der Waals surface area contributed by atoms with E-state index in [4.69, 9.17) is 4.42 Å². The fraction of sp³-hybridized carbons (Fsp3) is 0.320. The first-order valence-corrected chi connectivity index (χ1v) is 12.2. The highest BCUT2D eigenvalue weighted by atomic mass is 32.1. The van der Waals surface area contributed by atoms with Gasteiger partial charge in [-0.05, 0) is 74.2 Å². The molecular formula is C25H27FN6O3S. The van der Waals surface area contributed by atoms with Crippen LogP contribution in [0.1, 0.15) is 43.0 Å². The summed E-state index contributed by atoms with van der Waals surface area (Å²) in [7, 11) is 0. The minimum atomic E-state index is -0.905. The number of thiophene rings is 1. The van der Waals surface area contributed by atoms with Gasteiger partial charge in [0.2, 0.25) is 17.6 Å². The summed E-state index contributed by atoms with van der Waals surface area (Å²) in [6.45, 7) is 7.26. The van der Waals surface area contributed by atoms with Crippen molar-refractivity contribution in [3.63, 3.8) is 0 Å². The molecule has 36 heavy (non-hydrogen) atoms. The number of carbonyl (C=O) groups is 2. The minimum Gasteiger partial charge on any atom is -0.458 e. The standard InChI is InChI=1S/C25H27FN6O3S/c1-16-7-12-19(35-16)23-28-30-32(29-23)15-21(33)31(14-17-8-10-18(26)11-9-17)22(20-6-5-13-36-20)24(34)27-25(2,3)4/h5-13,22H,14-15H2,1-4H3,(H,27,34). The minimum absolute atomic E-state index is 0.0815. The zero-order valence-electron chi connectivity index (χ0n) is 20.4. The zero-order chi connectivity index (χ0) is 25.9. The predicted molar refractivity (Wildman–Crippen MR) is 132 cm³/mol. The van der Waals surface area contributed by atoms with Gasteiger partial charge in [-0.3, -0.25) is 9.59 Å². The molecule has 0 radical (unpaired) electrons. The fourth-order valence-corrected chi connectivity index (χ4v) is 4.43. The van der Waals surface area contributed by atoms with E-state index in [0.717, 1.165) is 0 Å². The molecule has 0 saturated heterocycles. The number of aromatic nitrogens is 4. The fourth-order valence-electron chi connectivity index (χ4n) is 3.59. The molecule has 0 spiro atoms. The highest BCUT2D eigenvalue weighted by molar-refractivity contribution is 7.10. The van der Waals surface area contributed by atoms with Gasteiger partial charge in [0, 0.05) is 17.0 Å². The highest BCUT2D eigenvalue weighted by Crippen LogP contribution is 2.28. The molecule has 2 amide bonds. The first-order chi connectivity index (χ1) is 17.1. The van der Waals surface area contributed by atoms with Crippen molar-refractivity contribution in [3.8, 4) is 11.6 Å². The molecule has 0 saturated carbocycles. The molecule has 0 fully saturated rings. The number of hydrogen-bond acceptors (Lipinski definition) is 7. The second-order valence-corrected chi connectivity index (χ2v) is 10.3. The Hall–Kier alpha value is -3.86. The van der Waals surface area contributed by atoms with Crippen LogP contribution >= 0.6 is 11.3 Å². The third-order valence-electron chi connectivity index (χ3n) is 5.15. The van der Waals surface area contributed by atoms with E-state index in [9.17, 15) is 14.0 Å². The number of furan rings is 1. The maximum Gasteiger partial charge on any atom is 0.248 e. The van der Waals surface area contributed by atoms with Crippen molar-refractivity contribution in [3.05, 3.63) is 75.9 Å². The number of aryl methyl sites for hydroxylation is 1. The number of hydrogen-bond donors (Lipinski definition) is 1. The number of amides is 2. The van der Waals surface area contributed by atoms with E-state index in [0.29, 0.717) is 22.0 Å². The van der Waals surface area contributed by atoms with Crippen molar-refractivity contribution in [2.45, 2.75) is 52.4 Å². The summed E-state index contributed by atoms with van der Waals surface area (Å²) in [5.74, 6) is 0.285. The van der Waals surface area contributed by atoms with Gasteiger partial charge in [-0.2, -0.15) is 4.80 Å². The molecule has 0 aliphatic rings. The Morgan fingerprint density at radius 2 is 1.92 bits per heavy atom. The molecule has 9 nitrogen and oxygen atoms in total. The summed E-state index contributed by atoms with van der Waals surface area (Å²) in [5, 5.41) is 17.1. The maximum absolute atomic E-state index is 13.7. The lowest BCUT2D eigenvalue weighted by Crippen LogP contribution is -2.49. The molecule has 1 aromatic carbocycles. The van der Waals surface area contributed by atoms with Crippen LogP contribution in [0.5, 0.6) is 0 Å². The average molecular weight is 511 g/mol. The van der Waals surface area contributed by atoms with E-state index in [1.165, 1.54) is 33.2 Å². The van der Waals surface area contributed by atoms with E-state index in [2.05, 4.69) is 20.7 Å². The van der Waals surface area contributed by atoms with Crippen LogP contribution in [0.15, 0.2) is 58.3 Å². The molecule has 3 aromatic heterocycles. The largest absolute Gasteiger partial charge is 0.458 e. The SMILES string of the molecule is Cc1ccc(-c2nnn(CC(=O)N(Cc3ccc(F)cc3)C(C(=O)NC(C)(C)C)c3cccs3)n2)o1. The molecule has 1 unspecified atom stereocenters. The van der Waals surface area contributed by atoms with Crippen molar-refractivity contribution in [2.75, 3.05) is 0 Å². The second-order valence-electron chi connectivity index (χ2n) is 9.36. The van der Waals surface area contributed by atoms with Crippen LogP contribution in [-0.2, 0) is 22.7 Å². The third kappa shape index (κ3) is 6.22. The van der Waals surface area contributed by atoms with Crippen LogP contribution < -0.4 is 5.32 Å². The Kier molecular flexibility index (Phi) is 7.30. The molecule has 4 rings (SSSR count). The first-order valence-electron chi connectivity index (χ1n) is 11.3. The van der Waals surface area contributed by atoms with Crippen molar-refractivity contribution in [1.29, 1.82) is 0 Å². The Labute approximate surface area is 211 Å². The van der Waals surface area contributed by atoms with Crippen LogP contribution in [0.3, 0.4) is 0 Å². The van der Waals surface area contributed by atoms with E-state index in [-0.39, 0.29) is 30.6 Å². The summed E-state index contributed by atoms with van der Waals surface area (Å²) in [6.07, 6.45) is 0. The van der Waals surface area contributed by atoms with E-state index >= 15 is 0 Å². The number of halogens is 1. The topological polar surface area (TPSA) is 106 Å². The van der Waals surface area contributed by atoms with Crippen molar-refractivity contribution in [2.24, 2.45) is 0 Å². The molecule has 1 N–H and O–H groups in total. The van der Waals surface area contributed by atoms with Crippen molar-refractivity contribution in [1.82, 2.24) is 30.4 Å². The van der Waals surface area contributed by atoms with Gasteiger partial charge in [0.15, 0.2) is 5.76 Å². The van der Waals surface area contributed by atoms with Gasteiger partial charge in [0.05, 0.1) is 0 Å². The van der Waals surface area contributed by atoms with Crippen molar-refractivity contribution >= 4 is 23.2 Å². The predicted octanol–water partition coefficient (Wildman–Crippen LogP) is 4.13. The highest BCUT2D eigenvalue weighted by Gasteiger charge is 2.34. The van der Waals surface area contributed by atoms with Crippen molar-refractivity contribution < 1.29 is 18.4 Å². The molecule has 0 bridgehead atoms. The first kappa shape index (κ1) is 25.2. The van der Waals surface area contributed by atoms with Crippen LogP contribution in [0, 0.1) is 12.7 Å². The van der Waals surface area contributed by atoms with Gasteiger partial charge in [-0.25, -0.2) is 4.39 Å². The van der Waals surface area contributed by atoms with Crippen LogP contribution in [0.2, 0.25) is 0 Å². The number of carbonyl (C=O) groups excluding carboxylic acids is 2. The normalized spacial score (nSPS) is 12.4. The lowest BCUT2D eigenvalue weighted by Gasteiger charge is -2.33. The summed E-state index contributed by atoms with van der Waals surface area (Å²) in [4.78, 5) is 30.5. The van der Waals surface area contributed by atoms with Gasteiger partial charge in [0.1, 0.15) is 24.2 Å². The van der Waals surface area contributed by atoms with Gasteiger partial charge < -0.3 is 14.6 Å². The molecule has 4 aromatic rings. The second kappa shape index (κ2) is 10.4. The lowest BCUT2D eigenvalue weighted by molar-refractivity contribution is -0.143. The smallest absolute Gasteiger partial charge is 0.248 e. The summed E-state index contributed by atoms with van der Waals surface area (Å²) in [5.41, 5.74) is 0.161. The Morgan fingerprint density at radius 3 is 2.53 bits per heavy atom. The molecule has 0 aliphatic heterocycles. The molecular weight excluding hydrogens is 483 g/mol. The van der Waals surface area contributed by atoms with E-state index in [1.54, 1.807) is 31.2 Å². The quantitative estimate of drug-likeness (QED) is 0.382. The Morgan fingerprint density at radius 1 is 1.17 bits per heavy atom. The average Bonchev–Trinajstić information content (AvgIpc) is 3.56. The molecule has 188 valence electrons. The monoisotopic (exact) mass is 510 g/mol. The zero-order valence-corrected chi connectivity index (χ0v) is 21.3. The number of benzene rings is 1. The Balaban J connectivity index is 1.66. The van der Waals surface area contributed by atoms with E-state index in [1.807, 2.05) is 38.3 Å². The van der Waals surface area contributed by atoms with Gasteiger partial charge in [-0.15, -0.1) is 21.5 Å². The maximum atomic E-state index is 13.7. The number of tetrazole rings is 1. The van der Waals surface area contributed by atoms with Gasteiger partial charge in [-0.1, -0.05) is 18.2 Å². The number of nitrogens with zero attached hydrogens (tertiary/aromatic N) is 5. The lowest BCUT2D eigenvalue weighted by atomic mass is 10.1. The van der Waals surface area contributed by atoms with Gasteiger partial charge >= 0.3 is 0 Å². The molecule has 11 heteroatoms. The van der Waals surface area contributed by atoms with Crippen LogP contribution in [-0.4, -0.2) is 42.5 Å². The Bertz CT molecular complexity index is 1320. The van der Waals surface area contributed by atoms with Crippen LogP contribution in [0.25, 0.3) is 11.6 Å². The summed E-state index contributed by atoms with van der Waals surface area (Å²) in [6, 6.07) is 12.1. The number of nitrogens with one attached hydrogen (secondary N) is 1. The van der Waals surface area contributed by atoms with Crippen LogP contribution in [0.4, 0.5) is 4.39 Å². The van der Waals surface area contributed by atoms with E-state index < -0.39 is 17.5 Å². The van der Waals surface area contributed by atoms with Gasteiger partial charge in [0.25, 0.3) is 0 Å². The third-order valence-corrected chi connectivity index (χ3v) is 6.07. The summed E-state index contributed by atoms with van der Waals surface area (Å²) < 4.78 is 19.1. The molecule has 1 atom stereocenters. The summed E-state index contributed by atoms with van der Waals surface area (Å²) >= 11 is 1.38. The molecule has 3 heterocycles. The number of rotatable bonds is 8. The molecule has 0 aliphatic carbocycles.